The quantitative estimate of drug-likeness (QED) is 0.554. The largest absolute Gasteiger partial charge is 0.508 e. The number of alkyl carbamates (subject to hydrolysis) is 1. The number of benzene rings is 2. The lowest BCUT2D eigenvalue weighted by Crippen LogP contribution is -2.42. The van der Waals surface area contributed by atoms with Gasteiger partial charge in [-0.3, -0.25) is 4.79 Å². The summed E-state index contributed by atoms with van der Waals surface area (Å²) in [7, 11) is 0. The van der Waals surface area contributed by atoms with Crippen LogP contribution in [0.2, 0.25) is 5.02 Å². The summed E-state index contributed by atoms with van der Waals surface area (Å²) < 4.78 is 4.84. The number of nitrogens with one attached hydrogen (secondary N) is 2. The van der Waals surface area contributed by atoms with Crippen molar-refractivity contribution < 1.29 is 19.4 Å². The Labute approximate surface area is 185 Å². The van der Waals surface area contributed by atoms with E-state index in [0.29, 0.717) is 18.0 Å². The summed E-state index contributed by atoms with van der Waals surface area (Å²) in [6, 6.07) is 12.3. The Hall–Kier alpha value is -3.19. The molecular weight excluding hydrogens is 418 g/mol. The maximum atomic E-state index is 13.1. The number of aromatic hydroxyl groups is 1. The molecule has 0 saturated carbocycles. The molecule has 2 amide bonds. The number of halogens is 1. The van der Waals surface area contributed by atoms with Crippen molar-refractivity contribution in [1.82, 2.24) is 15.2 Å². The maximum absolute atomic E-state index is 13.1. The van der Waals surface area contributed by atoms with E-state index in [1.165, 1.54) is 0 Å². The molecule has 1 aliphatic rings. The van der Waals surface area contributed by atoms with Gasteiger partial charge in [0.05, 0.1) is 12.6 Å². The highest BCUT2D eigenvalue weighted by Crippen LogP contribution is 2.40. The lowest BCUT2D eigenvalue weighted by Gasteiger charge is -2.36. The first kappa shape index (κ1) is 21.1. The van der Waals surface area contributed by atoms with Gasteiger partial charge in [-0.2, -0.15) is 0 Å². The third-order valence-electron chi connectivity index (χ3n) is 5.48. The zero-order valence-corrected chi connectivity index (χ0v) is 17.9. The minimum atomic E-state index is -0.534. The summed E-state index contributed by atoms with van der Waals surface area (Å²) in [5, 5.41) is 14.4. The first-order chi connectivity index (χ1) is 15.0. The lowest BCUT2D eigenvalue weighted by molar-refractivity contribution is -0.133. The molecule has 0 spiro atoms. The molecule has 2 heterocycles. The number of amides is 2. The number of hydrogen-bond donors (Lipinski definition) is 3. The van der Waals surface area contributed by atoms with E-state index in [1.54, 1.807) is 30.0 Å². The van der Waals surface area contributed by atoms with Crippen molar-refractivity contribution in [3.8, 4) is 5.75 Å². The van der Waals surface area contributed by atoms with Gasteiger partial charge in [-0.05, 0) is 54.8 Å². The highest BCUT2D eigenvalue weighted by molar-refractivity contribution is 6.31. The van der Waals surface area contributed by atoms with Crippen molar-refractivity contribution >= 4 is 34.5 Å². The van der Waals surface area contributed by atoms with Crippen molar-refractivity contribution in [2.45, 2.75) is 25.8 Å². The van der Waals surface area contributed by atoms with Gasteiger partial charge in [-0.1, -0.05) is 23.7 Å². The van der Waals surface area contributed by atoms with E-state index in [-0.39, 0.29) is 37.3 Å². The summed E-state index contributed by atoms with van der Waals surface area (Å²) in [5.41, 5.74) is 3.81. The van der Waals surface area contributed by atoms with Crippen LogP contribution in [0, 0.1) is 0 Å². The van der Waals surface area contributed by atoms with Crippen molar-refractivity contribution in [1.29, 1.82) is 0 Å². The van der Waals surface area contributed by atoms with E-state index in [2.05, 4.69) is 10.3 Å². The van der Waals surface area contributed by atoms with E-state index in [4.69, 9.17) is 16.3 Å². The molecule has 1 unspecified atom stereocenters. The molecular formula is C23H24ClN3O4. The van der Waals surface area contributed by atoms with E-state index >= 15 is 0 Å². The van der Waals surface area contributed by atoms with Crippen LogP contribution < -0.4 is 5.32 Å². The molecule has 1 aliphatic heterocycles. The second-order valence-corrected chi connectivity index (χ2v) is 7.88. The van der Waals surface area contributed by atoms with Crippen LogP contribution in [-0.2, 0) is 16.0 Å². The number of carbonyl (C=O) groups excluding carboxylic acids is 2. The minimum absolute atomic E-state index is 0.0903. The molecule has 3 N–H and O–H groups in total. The van der Waals surface area contributed by atoms with Gasteiger partial charge >= 0.3 is 6.09 Å². The molecule has 0 saturated heterocycles. The molecule has 2 aromatic carbocycles. The Kier molecular flexibility index (Phi) is 6.04. The number of aromatic amines is 1. The van der Waals surface area contributed by atoms with Gasteiger partial charge in [0.1, 0.15) is 5.75 Å². The van der Waals surface area contributed by atoms with Gasteiger partial charge < -0.3 is 25.0 Å². The Bertz CT molecular complexity index is 1130. The second kappa shape index (κ2) is 8.89. The van der Waals surface area contributed by atoms with Crippen LogP contribution >= 0.6 is 11.6 Å². The molecule has 31 heavy (non-hydrogen) atoms. The van der Waals surface area contributed by atoms with E-state index in [1.807, 2.05) is 24.3 Å². The smallest absolute Gasteiger partial charge is 0.407 e. The third-order valence-corrected chi connectivity index (χ3v) is 5.71. The Morgan fingerprint density at radius 1 is 1.29 bits per heavy atom. The van der Waals surface area contributed by atoms with Gasteiger partial charge in [0.2, 0.25) is 5.91 Å². The van der Waals surface area contributed by atoms with Crippen LogP contribution in [0.15, 0.2) is 42.5 Å². The number of fused-ring (bicyclic) bond motifs is 3. The monoisotopic (exact) mass is 441 g/mol. The molecule has 1 atom stereocenters. The van der Waals surface area contributed by atoms with Crippen LogP contribution in [0.3, 0.4) is 0 Å². The number of H-pyrrole nitrogens is 1. The van der Waals surface area contributed by atoms with E-state index < -0.39 is 6.09 Å². The second-order valence-electron chi connectivity index (χ2n) is 7.44. The lowest BCUT2D eigenvalue weighted by atomic mass is 9.92. The normalized spacial score (nSPS) is 15.5. The van der Waals surface area contributed by atoms with E-state index in [9.17, 15) is 14.7 Å². The predicted octanol–water partition coefficient (Wildman–Crippen LogP) is 4.14. The standard InChI is InChI=1S/C23H24ClN3O4/c1-2-31-23(30)25-10-8-20(29)27-11-9-17-18-13-15(24)6-7-19(18)26-21(17)22(27)14-4-3-5-16(28)12-14/h3-7,12-13,22,26,28H,2,8-11H2,1H3,(H,25,30). The average Bonchev–Trinajstić information content (AvgIpc) is 3.11. The molecule has 4 rings (SSSR count). The predicted molar refractivity (Wildman–Crippen MR) is 118 cm³/mol. The Morgan fingerprint density at radius 3 is 2.90 bits per heavy atom. The molecule has 0 bridgehead atoms. The molecule has 7 nitrogen and oxygen atoms in total. The van der Waals surface area contributed by atoms with Crippen molar-refractivity contribution in [2.75, 3.05) is 19.7 Å². The number of phenolic OH excluding ortho intramolecular Hbond substituents is 1. The number of carbonyl (C=O) groups is 2. The van der Waals surface area contributed by atoms with Crippen LogP contribution in [-0.4, -0.2) is 46.7 Å². The average molecular weight is 442 g/mol. The number of ether oxygens (including phenoxy) is 1. The van der Waals surface area contributed by atoms with Crippen LogP contribution in [0.25, 0.3) is 10.9 Å². The van der Waals surface area contributed by atoms with Gasteiger partial charge in [0.15, 0.2) is 0 Å². The highest BCUT2D eigenvalue weighted by atomic mass is 35.5. The zero-order valence-electron chi connectivity index (χ0n) is 17.2. The number of nitrogens with zero attached hydrogens (tertiary/aromatic N) is 1. The number of phenols is 1. The molecule has 1 aromatic heterocycles. The summed E-state index contributed by atoms with van der Waals surface area (Å²) in [5.74, 6) is 0.0487. The molecule has 0 radical (unpaired) electrons. The molecule has 162 valence electrons. The fraction of sp³-hybridized carbons (Fsp3) is 0.304. The highest BCUT2D eigenvalue weighted by Gasteiger charge is 2.34. The summed E-state index contributed by atoms with van der Waals surface area (Å²) >= 11 is 6.22. The number of hydrogen-bond acceptors (Lipinski definition) is 4. The third kappa shape index (κ3) is 4.32. The fourth-order valence-corrected chi connectivity index (χ4v) is 4.34. The Morgan fingerprint density at radius 2 is 2.13 bits per heavy atom. The van der Waals surface area contributed by atoms with Crippen molar-refractivity contribution in [2.24, 2.45) is 0 Å². The van der Waals surface area contributed by atoms with E-state index in [0.717, 1.165) is 27.7 Å². The van der Waals surface area contributed by atoms with Crippen molar-refractivity contribution in [3.05, 3.63) is 64.3 Å². The number of rotatable bonds is 5. The first-order valence-electron chi connectivity index (χ1n) is 10.3. The van der Waals surface area contributed by atoms with Crippen LogP contribution in [0.1, 0.15) is 36.2 Å². The van der Waals surface area contributed by atoms with Gasteiger partial charge in [-0.25, -0.2) is 4.79 Å². The zero-order chi connectivity index (χ0) is 22.0. The topological polar surface area (TPSA) is 94.7 Å². The summed E-state index contributed by atoms with van der Waals surface area (Å²) in [6.45, 7) is 2.71. The van der Waals surface area contributed by atoms with Crippen LogP contribution in [0.5, 0.6) is 5.75 Å². The van der Waals surface area contributed by atoms with Crippen LogP contribution in [0.4, 0.5) is 4.79 Å². The van der Waals surface area contributed by atoms with Gasteiger partial charge in [0.25, 0.3) is 0 Å². The molecule has 0 aliphatic carbocycles. The van der Waals surface area contributed by atoms with Crippen molar-refractivity contribution in [3.63, 3.8) is 0 Å². The minimum Gasteiger partial charge on any atom is -0.508 e. The summed E-state index contributed by atoms with van der Waals surface area (Å²) in [6.07, 6.45) is 0.297. The maximum Gasteiger partial charge on any atom is 0.407 e. The molecule has 0 fully saturated rings. The summed E-state index contributed by atoms with van der Waals surface area (Å²) in [4.78, 5) is 29.9. The fourth-order valence-electron chi connectivity index (χ4n) is 4.17. The molecule has 3 aromatic rings. The molecule has 8 heteroatoms. The number of aromatic nitrogens is 1. The van der Waals surface area contributed by atoms with Gasteiger partial charge in [0, 0.05) is 41.1 Å². The van der Waals surface area contributed by atoms with Gasteiger partial charge in [-0.15, -0.1) is 0 Å². The first-order valence-corrected chi connectivity index (χ1v) is 10.6. The SMILES string of the molecule is CCOC(=O)NCCC(=O)N1CCc2c([nH]c3ccc(Cl)cc23)C1c1cccc(O)c1. The Balaban J connectivity index is 1.67.